The first kappa shape index (κ1) is 20.6. The molecule has 0 amide bonds. The number of benzene rings is 1. The molecule has 1 aliphatic carbocycles. The highest BCUT2D eigenvalue weighted by Crippen LogP contribution is 2.45. The highest BCUT2D eigenvalue weighted by molar-refractivity contribution is 5.85. The first-order chi connectivity index (χ1) is 14.2. The number of halogens is 1. The molecule has 30 heavy (non-hydrogen) atoms. The number of aromatic nitrogens is 3. The summed E-state index contributed by atoms with van der Waals surface area (Å²) in [6, 6.07) is 9.91. The Morgan fingerprint density at radius 1 is 1.23 bits per heavy atom. The highest BCUT2D eigenvalue weighted by Gasteiger charge is 2.40. The van der Waals surface area contributed by atoms with Crippen molar-refractivity contribution in [1.29, 1.82) is 0 Å². The van der Waals surface area contributed by atoms with Crippen LogP contribution in [-0.4, -0.2) is 34.2 Å². The number of hydrogen-bond donors (Lipinski definition) is 2. The summed E-state index contributed by atoms with van der Waals surface area (Å²) in [6.45, 7) is 1.33. The molecule has 1 fully saturated rings. The van der Waals surface area contributed by atoms with E-state index < -0.39 is 0 Å². The number of H-pyrrole nitrogens is 1. The van der Waals surface area contributed by atoms with Crippen molar-refractivity contribution in [3.05, 3.63) is 68.5 Å². The fraction of sp³-hybridized carbons (Fsp3) is 0.409. The van der Waals surface area contributed by atoms with Gasteiger partial charge in [0.25, 0.3) is 5.56 Å². The van der Waals surface area contributed by atoms with Gasteiger partial charge in [-0.05, 0) is 61.1 Å². The van der Waals surface area contributed by atoms with Crippen LogP contribution in [-0.2, 0) is 13.0 Å². The fourth-order valence-corrected chi connectivity index (χ4v) is 5.15. The van der Waals surface area contributed by atoms with Gasteiger partial charge in [-0.3, -0.25) is 9.36 Å². The van der Waals surface area contributed by atoms with Crippen LogP contribution in [0.2, 0.25) is 0 Å². The molecule has 5 rings (SSSR count). The Labute approximate surface area is 179 Å². The third kappa shape index (κ3) is 3.32. The monoisotopic (exact) mass is 428 g/mol. The van der Waals surface area contributed by atoms with Gasteiger partial charge in [-0.15, -0.1) is 12.4 Å². The molecule has 3 aromatic rings. The minimum atomic E-state index is -0.379. The van der Waals surface area contributed by atoms with Crippen LogP contribution in [0.5, 0.6) is 5.75 Å². The molecule has 158 valence electrons. The zero-order valence-electron chi connectivity index (χ0n) is 16.8. The molecule has 1 aromatic carbocycles. The topological polar surface area (TPSA) is 89.0 Å². The smallest absolute Gasteiger partial charge is 0.328 e. The lowest BCUT2D eigenvalue weighted by Gasteiger charge is -2.32. The number of methoxy groups -OCH3 is 1. The molecule has 0 radical (unpaired) electrons. The minimum Gasteiger partial charge on any atom is -0.496 e. The highest BCUT2D eigenvalue weighted by atomic mass is 35.5. The Balaban J connectivity index is 0.00000218. The van der Waals surface area contributed by atoms with E-state index in [0.717, 1.165) is 25.1 Å². The van der Waals surface area contributed by atoms with E-state index in [1.807, 2.05) is 6.07 Å². The van der Waals surface area contributed by atoms with Crippen LogP contribution in [0.4, 0.5) is 0 Å². The number of aromatic amines is 1. The maximum atomic E-state index is 12.8. The average Bonchev–Trinajstić information content (AvgIpc) is 3.16. The Hall–Kier alpha value is -2.64. The molecule has 2 aromatic heterocycles. The predicted octanol–water partition coefficient (Wildman–Crippen LogP) is 2.22. The van der Waals surface area contributed by atoms with Gasteiger partial charge in [-0.25, -0.2) is 9.78 Å². The number of nitrogens with one attached hydrogen (secondary N) is 2. The molecule has 3 heterocycles. The molecule has 2 N–H and O–H groups in total. The van der Waals surface area contributed by atoms with Crippen LogP contribution >= 0.6 is 12.4 Å². The van der Waals surface area contributed by atoms with Crippen molar-refractivity contribution in [3.8, 4) is 5.75 Å². The van der Waals surface area contributed by atoms with E-state index in [4.69, 9.17) is 4.74 Å². The van der Waals surface area contributed by atoms with Gasteiger partial charge in [0.1, 0.15) is 5.75 Å². The van der Waals surface area contributed by atoms with Gasteiger partial charge in [0.15, 0.2) is 5.52 Å². The number of ether oxygens (including phenoxy) is 1. The number of rotatable bonds is 4. The normalized spacial score (nSPS) is 22.2. The quantitative estimate of drug-likeness (QED) is 0.665. The lowest BCUT2D eigenvalue weighted by Crippen LogP contribution is -2.38. The number of pyridine rings is 1. The summed E-state index contributed by atoms with van der Waals surface area (Å²) in [4.78, 5) is 32.1. The third-order valence-electron chi connectivity index (χ3n) is 6.50. The van der Waals surface area contributed by atoms with Crippen molar-refractivity contribution in [1.82, 2.24) is 19.9 Å². The summed E-state index contributed by atoms with van der Waals surface area (Å²) in [5.74, 6) is 1.91. The van der Waals surface area contributed by atoms with E-state index in [0.29, 0.717) is 35.8 Å². The first-order valence-corrected chi connectivity index (χ1v) is 10.1. The number of fused-ring (bicyclic) bond motifs is 4. The number of nitrogens with zero attached hydrogens (tertiary/aromatic N) is 2. The van der Waals surface area contributed by atoms with E-state index >= 15 is 0 Å². The van der Waals surface area contributed by atoms with Crippen LogP contribution in [0.15, 0.2) is 46.1 Å². The maximum absolute atomic E-state index is 12.8. The molecular weight excluding hydrogens is 404 g/mol. The van der Waals surface area contributed by atoms with E-state index in [9.17, 15) is 9.59 Å². The molecule has 1 aliphatic heterocycles. The Bertz CT molecular complexity index is 1190. The van der Waals surface area contributed by atoms with Gasteiger partial charge in [0, 0.05) is 24.7 Å². The van der Waals surface area contributed by atoms with Gasteiger partial charge in [0.2, 0.25) is 0 Å². The molecule has 0 saturated carbocycles. The largest absolute Gasteiger partial charge is 0.496 e. The maximum Gasteiger partial charge on any atom is 0.328 e. The van der Waals surface area contributed by atoms with Crippen molar-refractivity contribution < 1.29 is 4.74 Å². The summed E-state index contributed by atoms with van der Waals surface area (Å²) in [5, 5.41) is 3.64. The molecule has 0 spiro atoms. The van der Waals surface area contributed by atoms with Crippen molar-refractivity contribution in [2.45, 2.75) is 37.8 Å². The zero-order chi connectivity index (χ0) is 20.0. The summed E-state index contributed by atoms with van der Waals surface area (Å²) < 4.78 is 6.86. The van der Waals surface area contributed by atoms with Crippen molar-refractivity contribution in [2.75, 3.05) is 13.7 Å². The van der Waals surface area contributed by atoms with E-state index in [1.165, 1.54) is 15.7 Å². The predicted molar refractivity (Wildman–Crippen MR) is 118 cm³/mol. The SMILES string of the molecule is COc1cccc2c1CC[C@H]1CNC(CCn3c(=O)[nH]c4cccnc4c3=O)[C@@H]21.Cl. The second-order valence-electron chi connectivity index (χ2n) is 7.94. The minimum absolute atomic E-state index is 0. The van der Waals surface area contributed by atoms with Crippen molar-refractivity contribution in [3.63, 3.8) is 0 Å². The van der Waals surface area contributed by atoms with Crippen LogP contribution in [0.25, 0.3) is 11.0 Å². The third-order valence-corrected chi connectivity index (χ3v) is 6.50. The average molecular weight is 429 g/mol. The molecule has 8 heteroatoms. The molecule has 1 saturated heterocycles. The number of hydrogen-bond acceptors (Lipinski definition) is 5. The van der Waals surface area contributed by atoms with E-state index in [-0.39, 0.29) is 29.7 Å². The fourth-order valence-electron chi connectivity index (χ4n) is 5.15. The van der Waals surface area contributed by atoms with E-state index in [2.05, 4.69) is 27.4 Å². The lowest BCUT2D eigenvalue weighted by atomic mass is 9.73. The molecule has 2 aliphatic rings. The van der Waals surface area contributed by atoms with Gasteiger partial charge < -0.3 is 15.0 Å². The summed E-state index contributed by atoms with van der Waals surface area (Å²) in [5.41, 5.74) is 2.72. The lowest BCUT2D eigenvalue weighted by molar-refractivity contribution is 0.371. The van der Waals surface area contributed by atoms with Crippen molar-refractivity contribution in [2.24, 2.45) is 5.92 Å². The second-order valence-corrected chi connectivity index (χ2v) is 7.94. The zero-order valence-corrected chi connectivity index (χ0v) is 17.6. The molecular formula is C22H25ClN4O3. The van der Waals surface area contributed by atoms with Crippen LogP contribution in [0, 0.1) is 5.92 Å². The van der Waals surface area contributed by atoms with E-state index in [1.54, 1.807) is 25.4 Å². The van der Waals surface area contributed by atoms with Gasteiger partial charge in [0.05, 0.1) is 12.6 Å². The summed E-state index contributed by atoms with van der Waals surface area (Å²) >= 11 is 0. The molecule has 0 bridgehead atoms. The Morgan fingerprint density at radius 2 is 2.10 bits per heavy atom. The van der Waals surface area contributed by atoms with Crippen LogP contribution in [0.1, 0.15) is 29.9 Å². The Morgan fingerprint density at radius 3 is 2.93 bits per heavy atom. The summed E-state index contributed by atoms with van der Waals surface area (Å²) in [7, 11) is 1.72. The van der Waals surface area contributed by atoms with Crippen LogP contribution in [0.3, 0.4) is 0 Å². The Kier molecular flexibility index (Phi) is 5.66. The summed E-state index contributed by atoms with van der Waals surface area (Å²) in [6.07, 6.45) is 4.44. The van der Waals surface area contributed by atoms with Gasteiger partial charge >= 0.3 is 5.69 Å². The standard InChI is InChI=1S/C22H24N4O3.ClH/c1-29-18-6-2-4-15-14(18)8-7-13-12-24-16(19(13)15)9-11-26-21(27)20-17(25-22(26)28)5-3-10-23-20;/h2-6,10,13,16,19,24H,7-9,11-12H2,1H3,(H,25,28);1H/t13-,16?,19+;/m0./s1. The first-order valence-electron chi connectivity index (χ1n) is 10.1. The van der Waals surface area contributed by atoms with Gasteiger partial charge in [-0.2, -0.15) is 0 Å². The molecule has 7 nitrogen and oxygen atoms in total. The van der Waals surface area contributed by atoms with Crippen LogP contribution < -0.4 is 21.3 Å². The second kappa shape index (κ2) is 8.24. The molecule has 1 unspecified atom stereocenters. The van der Waals surface area contributed by atoms with Crippen molar-refractivity contribution >= 4 is 23.4 Å². The van der Waals surface area contributed by atoms with Gasteiger partial charge in [-0.1, -0.05) is 12.1 Å². The molecule has 3 atom stereocenters.